The molecular weight excluding hydrogens is 371 g/mol. The summed E-state index contributed by atoms with van der Waals surface area (Å²) in [5, 5.41) is 5.70. The van der Waals surface area contributed by atoms with Gasteiger partial charge < -0.3 is 15.4 Å². The van der Waals surface area contributed by atoms with Gasteiger partial charge in [-0.05, 0) is 53.6 Å². The number of halogens is 1. The van der Waals surface area contributed by atoms with Gasteiger partial charge in [0.15, 0.2) is 0 Å². The van der Waals surface area contributed by atoms with Gasteiger partial charge in [0.1, 0.15) is 17.3 Å². The first-order valence-corrected chi connectivity index (χ1v) is 9.27. The molecule has 2 N–H and O–H groups in total. The fourth-order valence-corrected chi connectivity index (χ4v) is 3.27. The van der Waals surface area contributed by atoms with Crippen LogP contribution in [0.3, 0.4) is 0 Å². The fraction of sp³-hybridized carbons (Fsp3) is 0.130. The molecule has 1 aliphatic heterocycles. The topological polar surface area (TPSA) is 67.4 Å². The lowest BCUT2D eigenvalue weighted by Gasteiger charge is -2.24. The Labute approximate surface area is 167 Å². The first-order valence-electron chi connectivity index (χ1n) is 9.27. The highest BCUT2D eigenvalue weighted by Gasteiger charge is 2.30. The molecule has 4 rings (SSSR count). The number of carbonyl (C=O) groups excluding carboxylic acids is 2. The molecule has 3 aromatic rings. The van der Waals surface area contributed by atoms with Crippen molar-refractivity contribution in [2.45, 2.75) is 18.9 Å². The molecule has 1 heterocycles. The lowest BCUT2D eigenvalue weighted by atomic mass is 9.90. The Bertz CT molecular complexity index is 1030. The van der Waals surface area contributed by atoms with E-state index >= 15 is 0 Å². The minimum absolute atomic E-state index is 0.132. The molecule has 1 aliphatic rings. The molecule has 0 aliphatic carbocycles. The van der Waals surface area contributed by atoms with Crippen molar-refractivity contribution in [1.29, 1.82) is 0 Å². The number of ether oxygens (including phenoxy) is 1. The highest BCUT2D eigenvalue weighted by molar-refractivity contribution is 6.01. The third-order valence-corrected chi connectivity index (χ3v) is 4.76. The molecule has 2 amide bonds. The van der Waals surface area contributed by atoms with Crippen molar-refractivity contribution < 1.29 is 18.7 Å². The molecule has 0 saturated heterocycles. The third kappa shape index (κ3) is 4.43. The summed E-state index contributed by atoms with van der Waals surface area (Å²) in [5.41, 5.74) is 2.41. The van der Waals surface area contributed by atoms with E-state index in [-0.39, 0.29) is 24.1 Å². The maximum atomic E-state index is 13.0. The zero-order valence-corrected chi connectivity index (χ0v) is 15.5. The quantitative estimate of drug-likeness (QED) is 0.680. The van der Waals surface area contributed by atoms with Crippen LogP contribution in [0.4, 0.5) is 10.1 Å². The molecule has 0 bridgehead atoms. The highest BCUT2D eigenvalue weighted by Crippen LogP contribution is 2.32. The molecule has 5 nitrogen and oxygen atoms in total. The number of hydrogen-bond acceptors (Lipinski definition) is 3. The Morgan fingerprint density at radius 3 is 2.38 bits per heavy atom. The Morgan fingerprint density at radius 2 is 1.66 bits per heavy atom. The second kappa shape index (κ2) is 8.14. The Hall–Kier alpha value is -3.67. The van der Waals surface area contributed by atoms with Crippen molar-refractivity contribution in [2.24, 2.45) is 0 Å². The van der Waals surface area contributed by atoms with E-state index in [1.165, 1.54) is 12.1 Å². The Morgan fingerprint density at radius 1 is 1.00 bits per heavy atom. The SMILES string of the molecule is O=C1C[C@@H](C(=O)NCc2ccc(Oc3ccc(F)cc3)cc2)c2ccccc2N1. The van der Waals surface area contributed by atoms with E-state index in [9.17, 15) is 14.0 Å². The zero-order valence-electron chi connectivity index (χ0n) is 15.5. The lowest BCUT2D eigenvalue weighted by molar-refractivity contribution is -0.126. The number of anilines is 1. The standard InChI is InChI=1S/C23H19FN2O3/c24-16-7-11-18(12-8-16)29-17-9-5-15(6-10-17)14-25-23(28)20-13-22(27)26-21-4-2-1-3-19(20)21/h1-12,20H,13-14H2,(H,25,28)(H,26,27)/t20-/m1/s1. The third-order valence-electron chi connectivity index (χ3n) is 4.76. The largest absolute Gasteiger partial charge is 0.457 e. The van der Waals surface area contributed by atoms with Crippen LogP contribution in [0, 0.1) is 5.82 Å². The average molecular weight is 390 g/mol. The summed E-state index contributed by atoms with van der Waals surface area (Å²) in [5.74, 6) is -0.00103. The molecule has 0 saturated carbocycles. The number of rotatable bonds is 5. The molecule has 29 heavy (non-hydrogen) atoms. The predicted octanol–water partition coefficient (Wildman–Crippen LogP) is 4.36. The first kappa shape index (κ1) is 18.7. The van der Waals surface area contributed by atoms with Gasteiger partial charge in [-0.3, -0.25) is 9.59 Å². The number of hydrogen-bond donors (Lipinski definition) is 2. The van der Waals surface area contributed by atoms with E-state index < -0.39 is 5.92 Å². The van der Waals surface area contributed by atoms with Gasteiger partial charge >= 0.3 is 0 Å². The summed E-state index contributed by atoms with van der Waals surface area (Å²) < 4.78 is 18.6. The van der Waals surface area contributed by atoms with Crippen molar-refractivity contribution >= 4 is 17.5 Å². The summed E-state index contributed by atoms with van der Waals surface area (Å²) in [6.45, 7) is 0.343. The van der Waals surface area contributed by atoms with Crippen LogP contribution >= 0.6 is 0 Å². The molecule has 1 atom stereocenters. The van der Waals surface area contributed by atoms with E-state index in [4.69, 9.17) is 4.74 Å². The van der Waals surface area contributed by atoms with E-state index in [2.05, 4.69) is 10.6 Å². The molecule has 0 radical (unpaired) electrons. The van der Waals surface area contributed by atoms with Crippen LogP contribution in [-0.2, 0) is 16.1 Å². The number of fused-ring (bicyclic) bond motifs is 1. The number of benzene rings is 3. The fourth-order valence-electron chi connectivity index (χ4n) is 3.27. The maximum absolute atomic E-state index is 13.0. The smallest absolute Gasteiger partial charge is 0.228 e. The summed E-state index contributed by atoms with van der Waals surface area (Å²) in [6, 6.07) is 20.4. The molecule has 0 spiro atoms. The van der Waals surface area contributed by atoms with Crippen LogP contribution in [0.2, 0.25) is 0 Å². The first-order chi connectivity index (χ1) is 14.1. The monoisotopic (exact) mass is 390 g/mol. The molecule has 0 fully saturated rings. The number of amides is 2. The normalized spacial score (nSPS) is 15.2. The summed E-state index contributed by atoms with van der Waals surface area (Å²) >= 11 is 0. The molecular formula is C23H19FN2O3. The van der Waals surface area contributed by atoms with Gasteiger partial charge in [0.25, 0.3) is 0 Å². The van der Waals surface area contributed by atoms with E-state index in [1.807, 2.05) is 30.3 Å². The van der Waals surface area contributed by atoms with Gasteiger partial charge in [-0.15, -0.1) is 0 Å². The average Bonchev–Trinajstić information content (AvgIpc) is 2.74. The lowest BCUT2D eigenvalue weighted by Crippen LogP contribution is -2.34. The number of nitrogens with one attached hydrogen (secondary N) is 2. The van der Waals surface area contributed by atoms with E-state index in [0.29, 0.717) is 23.7 Å². The Kier molecular flexibility index (Phi) is 5.24. The van der Waals surface area contributed by atoms with Gasteiger partial charge in [-0.25, -0.2) is 4.39 Å². The zero-order chi connectivity index (χ0) is 20.2. The Balaban J connectivity index is 1.37. The van der Waals surface area contributed by atoms with Crippen LogP contribution in [0.25, 0.3) is 0 Å². The van der Waals surface area contributed by atoms with Gasteiger partial charge in [0.05, 0.1) is 5.92 Å². The molecule has 146 valence electrons. The highest BCUT2D eigenvalue weighted by atomic mass is 19.1. The van der Waals surface area contributed by atoms with Crippen LogP contribution in [0.15, 0.2) is 72.8 Å². The van der Waals surface area contributed by atoms with E-state index in [0.717, 1.165) is 11.1 Å². The van der Waals surface area contributed by atoms with Crippen molar-refractivity contribution in [3.63, 3.8) is 0 Å². The summed E-state index contributed by atoms with van der Waals surface area (Å²) in [4.78, 5) is 24.6. The summed E-state index contributed by atoms with van der Waals surface area (Å²) in [7, 11) is 0. The van der Waals surface area contributed by atoms with Crippen LogP contribution in [0.1, 0.15) is 23.5 Å². The molecule has 0 aromatic heterocycles. The van der Waals surface area contributed by atoms with Gasteiger partial charge in [0.2, 0.25) is 11.8 Å². The van der Waals surface area contributed by atoms with Crippen LogP contribution in [0.5, 0.6) is 11.5 Å². The maximum Gasteiger partial charge on any atom is 0.228 e. The van der Waals surface area contributed by atoms with Crippen molar-refractivity contribution in [3.05, 3.63) is 89.7 Å². The molecule has 0 unspecified atom stereocenters. The minimum Gasteiger partial charge on any atom is -0.457 e. The van der Waals surface area contributed by atoms with Crippen LogP contribution in [-0.4, -0.2) is 11.8 Å². The van der Waals surface area contributed by atoms with Gasteiger partial charge in [-0.2, -0.15) is 0 Å². The predicted molar refractivity (Wildman–Crippen MR) is 107 cm³/mol. The molecule has 6 heteroatoms. The van der Waals surface area contributed by atoms with Gasteiger partial charge in [-0.1, -0.05) is 30.3 Å². The van der Waals surface area contributed by atoms with Crippen molar-refractivity contribution in [3.8, 4) is 11.5 Å². The molecule has 3 aromatic carbocycles. The van der Waals surface area contributed by atoms with E-state index in [1.54, 1.807) is 30.3 Å². The minimum atomic E-state index is -0.499. The number of para-hydroxylation sites is 1. The van der Waals surface area contributed by atoms with Crippen molar-refractivity contribution in [2.75, 3.05) is 5.32 Å². The van der Waals surface area contributed by atoms with Crippen LogP contribution < -0.4 is 15.4 Å². The van der Waals surface area contributed by atoms with Gasteiger partial charge in [0, 0.05) is 18.7 Å². The van der Waals surface area contributed by atoms with Crippen molar-refractivity contribution in [1.82, 2.24) is 5.32 Å². The second-order valence-electron chi connectivity index (χ2n) is 6.81. The number of carbonyl (C=O) groups is 2. The summed E-state index contributed by atoms with van der Waals surface area (Å²) in [6.07, 6.45) is 0.132. The second-order valence-corrected chi connectivity index (χ2v) is 6.81.